The lowest BCUT2D eigenvalue weighted by molar-refractivity contribution is 0.129. The lowest BCUT2D eigenvalue weighted by Gasteiger charge is -2.23. The van der Waals surface area contributed by atoms with Crippen molar-refractivity contribution in [2.45, 2.75) is 6.92 Å². The Labute approximate surface area is 117 Å². The van der Waals surface area contributed by atoms with Crippen LogP contribution in [0.4, 0.5) is 5.82 Å². The van der Waals surface area contributed by atoms with E-state index in [1.54, 1.807) is 10.9 Å². The Balaban J connectivity index is 2.01. The van der Waals surface area contributed by atoms with Gasteiger partial charge in [-0.15, -0.1) is 0 Å². The molecule has 0 saturated carbocycles. The van der Waals surface area contributed by atoms with E-state index in [4.69, 9.17) is 16.3 Å². The summed E-state index contributed by atoms with van der Waals surface area (Å²) >= 11 is 6.32. The van der Waals surface area contributed by atoms with Crippen LogP contribution in [0.25, 0.3) is 11.0 Å². The Morgan fingerprint density at radius 2 is 2.32 bits per heavy atom. The summed E-state index contributed by atoms with van der Waals surface area (Å²) in [6.07, 6.45) is 1.75. The van der Waals surface area contributed by atoms with Crippen molar-refractivity contribution in [2.75, 3.05) is 31.2 Å². The lowest BCUT2D eigenvalue weighted by Crippen LogP contribution is -2.29. The molecule has 0 N–H and O–H groups in total. The van der Waals surface area contributed by atoms with Crippen molar-refractivity contribution in [3.63, 3.8) is 0 Å². The van der Waals surface area contributed by atoms with E-state index in [0.717, 1.165) is 43.2 Å². The smallest absolute Gasteiger partial charge is 0.161 e. The minimum absolute atomic E-state index is 0.491. The molecule has 3 rings (SSSR count). The van der Waals surface area contributed by atoms with Gasteiger partial charge < -0.3 is 9.64 Å². The van der Waals surface area contributed by atoms with E-state index in [0.29, 0.717) is 10.9 Å². The van der Waals surface area contributed by atoms with Crippen molar-refractivity contribution in [3.8, 4) is 0 Å². The molecule has 19 heavy (non-hydrogen) atoms. The lowest BCUT2D eigenvalue weighted by atomic mass is 10.2. The van der Waals surface area contributed by atoms with E-state index in [9.17, 15) is 0 Å². The molecule has 6 heteroatoms. The molecule has 1 aliphatic heterocycles. The highest BCUT2D eigenvalue weighted by Gasteiger charge is 2.18. The fraction of sp³-hybridized carbons (Fsp3) is 0.538. The molecule has 3 heterocycles. The third-order valence-corrected chi connectivity index (χ3v) is 3.72. The Bertz CT molecular complexity index is 598. The van der Waals surface area contributed by atoms with Crippen LogP contribution in [0.2, 0.25) is 5.02 Å². The number of nitrogens with zero attached hydrogens (tertiary/aromatic N) is 4. The molecule has 1 atom stereocenters. The molecule has 5 nitrogen and oxygen atoms in total. The van der Waals surface area contributed by atoms with E-state index >= 15 is 0 Å². The second-order valence-corrected chi connectivity index (χ2v) is 5.50. The van der Waals surface area contributed by atoms with Gasteiger partial charge in [-0.2, -0.15) is 5.10 Å². The molecule has 102 valence electrons. The van der Waals surface area contributed by atoms with Gasteiger partial charge in [-0.3, -0.25) is 4.68 Å². The van der Waals surface area contributed by atoms with Crippen LogP contribution in [0.3, 0.4) is 0 Å². The summed E-state index contributed by atoms with van der Waals surface area (Å²) in [6, 6.07) is 1.92. The van der Waals surface area contributed by atoms with Crippen molar-refractivity contribution < 1.29 is 4.74 Å². The summed E-state index contributed by atoms with van der Waals surface area (Å²) in [7, 11) is 1.88. The molecule has 1 aliphatic rings. The van der Waals surface area contributed by atoms with E-state index in [2.05, 4.69) is 21.9 Å². The van der Waals surface area contributed by atoms with Gasteiger partial charge in [0.2, 0.25) is 0 Å². The first-order chi connectivity index (χ1) is 9.15. The van der Waals surface area contributed by atoms with Crippen molar-refractivity contribution in [1.82, 2.24) is 14.8 Å². The minimum Gasteiger partial charge on any atom is -0.379 e. The average Bonchev–Trinajstić information content (AvgIpc) is 2.62. The Hall–Kier alpha value is -1.33. The zero-order valence-corrected chi connectivity index (χ0v) is 11.9. The number of rotatable bonds is 1. The van der Waals surface area contributed by atoms with Gasteiger partial charge in [0, 0.05) is 26.2 Å². The van der Waals surface area contributed by atoms with Gasteiger partial charge in [-0.1, -0.05) is 18.5 Å². The number of pyridine rings is 1. The summed E-state index contributed by atoms with van der Waals surface area (Å²) in [5.74, 6) is 1.39. The van der Waals surface area contributed by atoms with Gasteiger partial charge in [0.1, 0.15) is 5.82 Å². The first-order valence-corrected chi connectivity index (χ1v) is 6.84. The highest BCUT2D eigenvalue weighted by molar-refractivity contribution is 6.35. The molecule has 2 aromatic rings. The largest absolute Gasteiger partial charge is 0.379 e. The Morgan fingerprint density at radius 3 is 3.16 bits per heavy atom. The number of hydrogen-bond donors (Lipinski definition) is 0. The first-order valence-electron chi connectivity index (χ1n) is 6.46. The highest BCUT2D eigenvalue weighted by Crippen LogP contribution is 2.27. The molecule has 1 saturated heterocycles. The van der Waals surface area contributed by atoms with E-state index in [-0.39, 0.29) is 0 Å². The number of ether oxygens (including phenoxy) is 1. The van der Waals surface area contributed by atoms with E-state index < -0.39 is 0 Å². The van der Waals surface area contributed by atoms with Crippen molar-refractivity contribution in [3.05, 3.63) is 17.3 Å². The predicted molar refractivity (Wildman–Crippen MR) is 75.7 cm³/mol. The quantitative estimate of drug-likeness (QED) is 0.802. The third kappa shape index (κ3) is 2.40. The first kappa shape index (κ1) is 12.7. The highest BCUT2D eigenvalue weighted by atomic mass is 35.5. The van der Waals surface area contributed by atoms with Gasteiger partial charge in [0.25, 0.3) is 0 Å². The summed E-state index contributed by atoms with van der Waals surface area (Å²) in [4.78, 5) is 6.91. The molecule has 1 unspecified atom stereocenters. The van der Waals surface area contributed by atoms with Crippen LogP contribution in [0.1, 0.15) is 6.92 Å². The number of aryl methyl sites for hydroxylation is 1. The zero-order chi connectivity index (χ0) is 13.4. The van der Waals surface area contributed by atoms with Crippen LogP contribution in [-0.2, 0) is 11.8 Å². The number of anilines is 1. The molecule has 0 spiro atoms. The minimum atomic E-state index is 0.491. The van der Waals surface area contributed by atoms with Crippen LogP contribution in [0, 0.1) is 5.92 Å². The van der Waals surface area contributed by atoms with E-state index in [1.165, 1.54) is 0 Å². The Morgan fingerprint density at radius 1 is 1.47 bits per heavy atom. The number of aromatic nitrogens is 3. The van der Waals surface area contributed by atoms with Crippen LogP contribution < -0.4 is 4.90 Å². The summed E-state index contributed by atoms with van der Waals surface area (Å²) in [5.41, 5.74) is 0.820. The molecular weight excluding hydrogens is 264 g/mol. The average molecular weight is 281 g/mol. The molecule has 2 aromatic heterocycles. The molecule has 0 aliphatic carbocycles. The van der Waals surface area contributed by atoms with Crippen LogP contribution in [-0.4, -0.2) is 41.1 Å². The number of hydrogen-bond acceptors (Lipinski definition) is 4. The molecule has 0 aromatic carbocycles. The van der Waals surface area contributed by atoms with Gasteiger partial charge in [0.15, 0.2) is 5.65 Å². The van der Waals surface area contributed by atoms with Crippen molar-refractivity contribution in [2.24, 2.45) is 13.0 Å². The molecule has 0 bridgehead atoms. The van der Waals surface area contributed by atoms with Crippen molar-refractivity contribution >= 4 is 28.5 Å². The molecule has 1 fully saturated rings. The number of halogens is 1. The molecule has 0 amide bonds. The van der Waals surface area contributed by atoms with Gasteiger partial charge in [0.05, 0.1) is 29.8 Å². The van der Waals surface area contributed by atoms with E-state index in [1.807, 2.05) is 13.1 Å². The van der Waals surface area contributed by atoms with Gasteiger partial charge >= 0.3 is 0 Å². The SMILES string of the molecule is CC1COCCN(c2cc(Cl)c3cnn(C)c3n2)C1. The van der Waals surface area contributed by atoms with Crippen molar-refractivity contribution in [1.29, 1.82) is 0 Å². The van der Waals surface area contributed by atoms with Gasteiger partial charge in [-0.05, 0) is 5.92 Å². The second-order valence-electron chi connectivity index (χ2n) is 5.09. The summed E-state index contributed by atoms with van der Waals surface area (Å²) < 4.78 is 7.32. The maximum absolute atomic E-state index is 6.32. The summed E-state index contributed by atoms with van der Waals surface area (Å²) in [6.45, 7) is 5.50. The summed E-state index contributed by atoms with van der Waals surface area (Å²) in [5, 5.41) is 5.80. The third-order valence-electron chi connectivity index (χ3n) is 3.41. The molecular formula is C13H17ClN4O. The maximum Gasteiger partial charge on any atom is 0.161 e. The monoisotopic (exact) mass is 280 g/mol. The van der Waals surface area contributed by atoms with Crippen LogP contribution in [0.15, 0.2) is 12.3 Å². The normalized spacial score (nSPS) is 20.8. The van der Waals surface area contributed by atoms with Gasteiger partial charge in [-0.25, -0.2) is 4.98 Å². The zero-order valence-electron chi connectivity index (χ0n) is 11.1. The van der Waals surface area contributed by atoms with Crippen LogP contribution in [0.5, 0.6) is 0 Å². The number of fused-ring (bicyclic) bond motifs is 1. The topological polar surface area (TPSA) is 43.2 Å². The standard InChI is InChI=1S/C13H17ClN4O/c1-9-7-18(3-4-19-8-9)12-5-11(14)10-6-15-17(2)13(10)16-12/h5-6,9H,3-4,7-8H2,1-2H3. The maximum atomic E-state index is 6.32. The second kappa shape index (κ2) is 4.98. The Kier molecular flexibility index (Phi) is 3.33. The fourth-order valence-electron chi connectivity index (χ4n) is 2.41. The molecule has 0 radical (unpaired) electrons. The van der Waals surface area contributed by atoms with Crippen LogP contribution >= 0.6 is 11.6 Å². The predicted octanol–water partition coefficient (Wildman–Crippen LogP) is 2.09. The fourth-order valence-corrected chi connectivity index (χ4v) is 2.64.